The van der Waals surface area contributed by atoms with Gasteiger partial charge in [-0.2, -0.15) is 0 Å². The molecule has 4 rings (SSSR count). The van der Waals surface area contributed by atoms with Crippen molar-refractivity contribution < 1.29 is 9.72 Å². The summed E-state index contributed by atoms with van der Waals surface area (Å²) < 4.78 is 0. The van der Waals surface area contributed by atoms with Crippen LogP contribution in [-0.2, 0) is 11.2 Å². The number of amides is 1. The molecular formula is C23H28N4O3. The summed E-state index contributed by atoms with van der Waals surface area (Å²) in [4.78, 5) is 28.6. The number of benzene rings is 2. The third-order valence-electron chi connectivity index (χ3n) is 6.07. The summed E-state index contributed by atoms with van der Waals surface area (Å²) in [6.45, 7) is 8.35. The Hall–Kier alpha value is -3.09. The maximum Gasteiger partial charge on any atom is 0.269 e. The Balaban J connectivity index is 1.68. The fourth-order valence-corrected chi connectivity index (χ4v) is 4.60. The van der Waals surface area contributed by atoms with Gasteiger partial charge in [0.05, 0.1) is 16.9 Å². The number of carbonyl (C=O) groups excluding carboxylic acids is 1. The summed E-state index contributed by atoms with van der Waals surface area (Å²) in [5.74, 6) is -0.238. The van der Waals surface area contributed by atoms with Crippen molar-refractivity contribution in [2.75, 3.05) is 29.4 Å². The molecule has 2 heterocycles. The van der Waals surface area contributed by atoms with Gasteiger partial charge >= 0.3 is 0 Å². The number of fused-ring (bicyclic) bond motifs is 3. The summed E-state index contributed by atoms with van der Waals surface area (Å²) in [5, 5.41) is 14.3. The first kappa shape index (κ1) is 20.2. The largest absolute Gasteiger partial charge is 0.368 e. The van der Waals surface area contributed by atoms with Crippen molar-refractivity contribution in [3.8, 4) is 0 Å². The van der Waals surface area contributed by atoms with Gasteiger partial charge in [0.2, 0.25) is 5.91 Å². The number of hydrogen-bond acceptors (Lipinski definition) is 5. The van der Waals surface area contributed by atoms with E-state index in [1.54, 1.807) is 12.1 Å². The number of carbonyl (C=O) groups is 1. The van der Waals surface area contributed by atoms with Crippen LogP contribution in [0.1, 0.15) is 25.0 Å². The van der Waals surface area contributed by atoms with E-state index in [1.807, 2.05) is 19.9 Å². The predicted molar refractivity (Wildman–Crippen MR) is 118 cm³/mol. The molecule has 0 bridgehead atoms. The molecule has 0 saturated carbocycles. The zero-order valence-electron chi connectivity index (χ0n) is 17.7. The van der Waals surface area contributed by atoms with Gasteiger partial charge in [-0.3, -0.25) is 14.9 Å². The second kappa shape index (κ2) is 7.97. The molecule has 158 valence electrons. The summed E-state index contributed by atoms with van der Waals surface area (Å²) in [6.07, 6.45) is 0.512. The van der Waals surface area contributed by atoms with Gasteiger partial charge in [0, 0.05) is 49.2 Å². The van der Waals surface area contributed by atoms with E-state index in [4.69, 9.17) is 0 Å². The average Bonchev–Trinajstić information content (AvgIpc) is 2.72. The maximum absolute atomic E-state index is 13.1. The molecule has 1 N–H and O–H groups in total. The first-order valence-electron chi connectivity index (χ1n) is 10.5. The average molecular weight is 409 g/mol. The highest BCUT2D eigenvalue weighted by molar-refractivity contribution is 5.82. The minimum Gasteiger partial charge on any atom is -0.368 e. The van der Waals surface area contributed by atoms with Crippen LogP contribution >= 0.6 is 0 Å². The summed E-state index contributed by atoms with van der Waals surface area (Å²) in [5.41, 5.74) is 4.36. The number of nitrogens with one attached hydrogen (secondary N) is 1. The number of anilines is 2. The molecule has 1 amide bonds. The van der Waals surface area contributed by atoms with Crippen molar-refractivity contribution in [1.82, 2.24) is 5.32 Å². The van der Waals surface area contributed by atoms with Crippen LogP contribution < -0.4 is 15.1 Å². The van der Waals surface area contributed by atoms with Gasteiger partial charge in [0.15, 0.2) is 0 Å². The first-order valence-corrected chi connectivity index (χ1v) is 10.5. The minimum absolute atomic E-state index is 0.0166. The molecule has 1 fully saturated rings. The van der Waals surface area contributed by atoms with Crippen molar-refractivity contribution in [3.05, 3.63) is 63.7 Å². The molecule has 2 aliphatic rings. The lowest BCUT2D eigenvalue weighted by molar-refractivity contribution is -0.384. The molecule has 1 saturated heterocycles. The Labute approximate surface area is 176 Å². The quantitative estimate of drug-likeness (QED) is 0.620. The molecule has 2 aromatic carbocycles. The van der Waals surface area contributed by atoms with Crippen LogP contribution in [0.25, 0.3) is 0 Å². The number of piperazine rings is 1. The van der Waals surface area contributed by atoms with Gasteiger partial charge < -0.3 is 15.1 Å². The molecule has 0 aliphatic carbocycles. The molecule has 30 heavy (non-hydrogen) atoms. The van der Waals surface area contributed by atoms with E-state index in [1.165, 1.54) is 5.56 Å². The van der Waals surface area contributed by atoms with Gasteiger partial charge in [0.25, 0.3) is 5.69 Å². The molecule has 2 aromatic rings. The van der Waals surface area contributed by atoms with Gasteiger partial charge in [0.1, 0.15) is 0 Å². The van der Waals surface area contributed by atoms with Crippen LogP contribution in [0.15, 0.2) is 42.5 Å². The monoisotopic (exact) mass is 408 g/mol. The van der Waals surface area contributed by atoms with Crippen LogP contribution in [0.2, 0.25) is 0 Å². The number of nitro benzene ring substituents is 1. The van der Waals surface area contributed by atoms with Crippen molar-refractivity contribution >= 4 is 23.0 Å². The fourth-order valence-electron chi connectivity index (χ4n) is 4.60. The van der Waals surface area contributed by atoms with Crippen LogP contribution in [-0.4, -0.2) is 42.5 Å². The number of nitro groups is 1. The van der Waals surface area contributed by atoms with Gasteiger partial charge in [-0.1, -0.05) is 17.7 Å². The topological polar surface area (TPSA) is 78.7 Å². The molecule has 2 atom stereocenters. The van der Waals surface area contributed by atoms with E-state index in [2.05, 4.69) is 46.3 Å². The SMILES string of the molecule is Cc1ccc(N2CCN3c4ccc([N+](=O)[O-])cc4C[C@H](C(=O)NC(C)C)[C@@H]3C2)cc1. The van der Waals surface area contributed by atoms with Crippen LogP contribution in [0.5, 0.6) is 0 Å². The lowest BCUT2D eigenvalue weighted by Gasteiger charge is -2.49. The van der Waals surface area contributed by atoms with E-state index in [0.29, 0.717) is 6.42 Å². The van der Waals surface area contributed by atoms with Crippen molar-refractivity contribution in [1.29, 1.82) is 0 Å². The van der Waals surface area contributed by atoms with E-state index in [9.17, 15) is 14.9 Å². The molecule has 7 heteroatoms. The number of non-ortho nitro benzene ring substituents is 1. The van der Waals surface area contributed by atoms with Gasteiger partial charge in [-0.25, -0.2) is 0 Å². The Morgan fingerprint density at radius 1 is 1.17 bits per heavy atom. The van der Waals surface area contributed by atoms with E-state index in [-0.39, 0.29) is 34.5 Å². The van der Waals surface area contributed by atoms with Crippen LogP contribution in [0.3, 0.4) is 0 Å². The van der Waals surface area contributed by atoms with E-state index >= 15 is 0 Å². The summed E-state index contributed by atoms with van der Waals surface area (Å²) in [7, 11) is 0. The number of nitrogens with zero attached hydrogens (tertiary/aromatic N) is 3. The maximum atomic E-state index is 13.1. The minimum atomic E-state index is -0.370. The predicted octanol–water partition coefficient (Wildman–Crippen LogP) is 3.30. The van der Waals surface area contributed by atoms with E-state index < -0.39 is 0 Å². The Morgan fingerprint density at radius 3 is 2.57 bits per heavy atom. The van der Waals surface area contributed by atoms with Crippen molar-refractivity contribution in [2.24, 2.45) is 5.92 Å². The first-order chi connectivity index (χ1) is 14.3. The van der Waals surface area contributed by atoms with E-state index in [0.717, 1.165) is 36.6 Å². The molecule has 0 unspecified atom stereocenters. The van der Waals surface area contributed by atoms with Gasteiger partial charge in [-0.15, -0.1) is 0 Å². The smallest absolute Gasteiger partial charge is 0.269 e. The highest BCUT2D eigenvalue weighted by Gasteiger charge is 2.42. The fraction of sp³-hybridized carbons (Fsp3) is 0.435. The molecule has 0 radical (unpaired) electrons. The number of rotatable bonds is 4. The normalized spacial score (nSPS) is 20.5. The van der Waals surface area contributed by atoms with Crippen LogP contribution in [0.4, 0.5) is 17.1 Å². The zero-order valence-corrected chi connectivity index (χ0v) is 17.7. The summed E-state index contributed by atoms with van der Waals surface area (Å²) in [6, 6.07) is 13.6. The number of aryl methyl sites for hydroxylation is 1. The second-order valence-corrected chi connectivity index (χ2v) is 8.59. The van der Waals surface area contributed by atoms with Crippen molar-refractivity contribution in [3.63, 3.8) is 0 Å². The zero-order chi connectivity index (χ0) is 21.4. The Bertz CT molecular complexity index is 957. The second-order valence-electron chi connectivity index (χ2n) is 8.59. The van der Waals surface area contributed by atoms with Crippen molar-refractivity contribution in [2.45, 2.75) is 39.3 Å². The molecule has 7 nitrogen and oxygen atoms in total. The lowest BCUT2D eigenvalue weighted by atomic mass is 9.83. The third-order valence-corrected chi connectivity index (χ3v) is 6.07. The molecular weight excluding hydrogens is 380 g/mol. The Morgan fingerprint density at radius 2 is 1.90 bits per heavy atom. The Kier molecular flexibility index (Phi) is 5.37. The number of hydrogen-bond donors (Lipinski definition) is 1. The standard InChI is InChI=1S/C23H28N4O3/c1-15(2)24-23(28)20-13-17-12-19(27(29)30)8-9-21(17)26-11-10-25(14-22(20)26)18-6-4-16(3)5-7-18/h4-9,12,15,20,22H,10-11,13-14H2,1-3H3,(H,24,28)/t20-,22-/m0/s1. The highest BCUT2D eigenvalue weighted by atomic mass is 16.6. The summed E-state index contributed by atoms with van der Waals surface area (Å²) >= 11 is 0. The molecule has 2 aliphatic heterocycles. The third kappa shape index (κ3) is 3.84. The molecule has 0 spiro atoms. The highest BCUT2D eigenvalue weighted by Crippen LogP contribution is 2.38. The van der Waals surface area contributed by atoms with Gasteiger partial charge in [-0.05, 0) is 51.0 Å². The lowest BCUT2D eigenvalue weighted by Crippen LogP contribution is -2.61. The molecule has 0 aromatic heterocycles. The van der Waals surface area contributed by atoms with Crippen LogP contribution in [0, 0.1) is 23.0 Å².